The quantitative estimate of drug-likeness (QED) is 0.515. The van der Waals surface area contributed by atoms with Gasteiger partial charge >= 0.3 is 0 Å². The Morgan fingerprint density at radius 3 is 2.25 bits per heavy atom. The van der Waals surface area contributed by atoms with Crippen LogP contribution >= 0.6 is 11.6 Å². The molecular formula is C8H14ClNO2. The average Bonchev–Trinajstić information content (AvgIpc) is 2.00. The highest BCUT2D eigenvalue weighted by molar-refractivity contribution is 6.48. The van der Waals surface area contributed by atoms with Crippen LogP contribution in [0.3, 0.4) is 0 Å². The SMILES string of the molecule is CC(C)C[C@H](N)C(=O)C(=O)CCl. The number of nitrogens with two attached hydrogens (primary N) is 1. The van der Waals surface area contributed by atoms with E-state index in [0.29, 0.717) is 12.3 Å². The first-order valence-corrected chi connectivity index (χ1v) is 4.41. The molecule has 0 heterocycles. The van der Waals surface area contributed by atoms with Gasteiger partial charge in [0.05, 0.1) is 11.9 Å². The summed E-state index contributed by atoms with van der Waals surface area (Å²) < 4.78 is 0. The fourth-order valence-corrected chi connectivity index (χ4v) is 1.02. The minimum atomic E-state index is -0.684. The summed E-state index contributed by atoms with van der Waals surface area (Å²) in [5, 5.41) is 0. The van der Waals surface area contributed by atoms with Crippen molar-refractivity contribution in [2.75, 3.05) is 5.88 Å². The van der Waals surface area contributed by atoms with Gasteiger partial charge < -0.3 is 5.73 Å². The molecular weight excluding hydrogens is 178 g/mol. The van der Waals surface area contributed by atoms with Crippen LogP contribution in [-0.4, -0.2) is 23.5 Å². The Labute approximate surface area is 77.3 Å². The molecule has 0 aromatic heterocycles. The molecule has 3 nitrogen and oxygen atoms in total. The highest BCUT2D eigenvalue weighted by Crippen LogP contribution is 2.03. The summed E-state index contributed by atoms with van der Waals surface area (Å²) in [6.07, 6.45) is 0.529. The maximum atomic E-state index is 11.1. The van der Waals surface area contributed by atoms with E-state index in [2.05, 4.69) is 0 Å². The zero-order chi connectivity index (χ0) is 9.72. The van der Waals surface area contributed by atoms with Crippen molar-refractivity contribution in [3.8, 4) is 0 Å². The van der Waals surface area contributed by atoms with Gasteiger partial charge in [-0.05, 0) is 12.3 Å². The molecule has 0 aliphatic carbocycles. The van der Waals surface area contributed by atoms with Crippen molar-refractivity contribution >= 4 is 23.2 Å². The number of carbonyl (C=O) groups excluding carboxylic acids is 2. The van der Waals surface area contributed by atoms with Crippen LogP contribution in [-0.2, 0) is 9.59 Å². The predicted octanol–water partition coefficient (Wildman–Crippen LogP) is 0.737. The fraction of sp³-hybridized carbons (Fsp3) is 0.750. The summed E-state index contributed by atoms with van der Waals surface area (Å²) >= 11 is 5.20. The summed E-state index contributed by atoms with van der Waals surface area (Å²) in [6, 6.07) is -0.684. The normalized spacial score (nSPS) is 13.1. The van der Waals surface area contributed by atoms with Gasteiger partial charge in [0, 0.05) is 0 Å². The lowest BCUT2D eigenvalue weighted by Crippen LogP contribution is -2.37. The number of ketones is 2. The van der Waals surface area contributed by atoms with Gasteiger partial charge in [-0.1, -0.05) is 13.8 Å². The number of rotatable bonds is 5. The van der Waals surface area contributed by atoms with Crippen molar-refractivity contribution in [1.82, 2.24) is 0 Å². The van der Waals surface area contributed by atoms with E-state index in [1.807, 2.05) is 13.8 Å². The molecule has 12 heavy (non-hydrogen) atoms. The van der Waals surface area contributed by atoms with Crippen molar-refractivity contribution in [2.24, 2.45) is 11.7 Å². The highest BCUT2D eigenvalue weighted by atomic mass is 35.5. The standard InChI is InChI=1S/C8H14ClNO2/c1-5(2)3-6(10)8(12)7(11)4-9/h5-6H,3-4,10H2,1-2H3/t6-/m0/s1. The van der Waals surface area contributed by atoms with Crippen LogP contribution in [0.4, 0.5) is 0 Å². The molecule has 0 amide bonds. The van der Waals surface area contributed by atoms with Crippen molar-refractivity contribution in [3.05, 3.63) is 0 Å². The first-order chi connectivity index (χ1) is 5.49. The van der Waals surface area contributed by atoms with E-state index in [9.17, 15) is 9.59 Å². The zero-order valence-corrected chi connectivity index (χ0v) is 8.10. The molecule has 0 saturated carbocycles. The molecule has 0 fully saturated rings. The molecule has 0 aromatic rings. The third-order valence-electron chi connectivity index (χ3n) is 1.46. The minimum absolute atomic E-state index is 0.273. The summed E-state index contributed by atoms with van der Waals surface area (Å²) in [4.78, 5) is 21.8. The Morgan fingerprint density at radius 1 is 1.42 bits per heavy atom. The van der Waals surface area contributed by atoms with Gasteiger partial charge in [0.1, 0.15) is 0 Å². The van der Waals surface area contributed by atoms with Crippen LogP contribution in [0.1, 0.15) is 20.3 Å². The van der Waals surface area contributed by atoms with E-state index in [1.165, 1.54) is 0 Å². The van der Waals surface area contributed by atoms with E-state index < -0.39 is 17.6 Å². The van der Waals surface area contributed by atoms with Crippen molar-refractivity contribution in [2.45, 2.75) is 26.3 Å². The molecule has 0 aromatic carbocycles. The second-order valence-corrected chi connectivity index (χ2v) is 3.42. The second kappa shape index (κ2) is 5.27. The first-order valence-electron chi connectivity index (χ1n) is 3.87. The van der Waals surface area contributed by atoms with Crippen LogP contribution in [0.2, 0.25) is 0 Å². The molecule has 0 spiro atoms. The molecule has 0 unspecified atom stereocenters. The van der Waals surface area contributed by atoms with Crippen LogP contribution in [0.15, 0.2) is 0 Å². The Morgan fingerprint density at radius 2 is 1.92 bits per heavy atom. The second-order valence-electron chi connectivity index (χ2n) is 3.16. The number of alkyl halides is 1. The predicted molar refractivity (Wildman–Crippen MR) is 48.2 cm³/mol. The van der Waals surface area contributed by atoms with Crippen LogP contribution in [0, 0.1) is 5.92 Å². The first kappa shape index (κ1) is 11.6. The van der Waals surface area contributed by atoms with E-state index in [4.69, 9.17) is 17.3 Å². The summed E-state index contributed by atoms with van der Waals surface area (Å²) in [5.74, 6) is -1.11. The lowest BCUT2D eigenvalue weighted by atomic mass is 9.99. The van der Waals surface area contributed by atoms with E-state index in [-0.39, 0.29) is 5.88 Å². The molecule has 0 saturated heterocycles. The topological polar surface area (TPSA) is 60.2 Å². The molecule has 0 radical (unpaired) electrons. The molecule has 2 N–H and O–H groups in total. The van der Waals surface area contributed by atoms with Gasteiger partial charge in [-0.25, -0.2) is 0 Å². The van der Waals surface area contributed by atoms with E-state index in [1.54, 1.807) is 0 Å². The maximum Gasteiger partial charge on any atom is 0.216 e. The lowest BCUT2D eigenvalue weighted by Gasteiger charge is -2.10. The number of halogens is 1. The summed E-state index contributed by atoms with van der Waals surface area (Å²) in [5.41, 5.74) is 5.47. The van der Waals surface area contributed by atoms with Gasteiger partial charge in [-0.3, -0.25) is 9.59 Å². The zero-order valence-electron chi connectivity index (χ0n) is 7.34. The molecule has 70 valence electrons. The van der Waals surface area contributed by atoms with Crippen LogP contribution < -0.4 is 5.73 Å². The van der Waals surface area contributed by atoms with Gasteiger partial charge in [0.2, 0.25) is 11.6 Å². The summed E-state index contributed by atoms with van der Waals surface area (Å²) in [7, 11) is 0. The largest absolute Gasteiger partial charge is 0.321 e. The molecule has 0 aliphatic heterocycles. The van der Waals surface area contributed by atoms with Gasteiger partial charge in [0.15, 0.2) is 0 Å². The molecule has 0 rings (SSSR count). The Kier molecular flexibility index (Phi) is 5.09. The minimum Gasteiger partial charge on any atom is -0.321 e. The number of hydrogen-bond acceptors (Lipinski definition) is 3. The number of hydrogen-bond donors (Lipinski definition) is 1. The van der Waals surface area contributed by atoms with Crippen molar-refractivity contribution in [3.63, 3.8) is 0 Å². The highest BCUT2D eigenvalue weighted by Gasteiger charge is 2.21. The van der Waals surface area contributed by atoms with Gasteiger partial charge in [-0.15, -0.1) is 11.6 Å². The Balaban J connectivity index is 4.01. The van der Waals surface area contributed by atoms with Gasteiger partial charge in [0.25, 0.3) is 0 Å². The van der Waals surface area contributed by atoms with Crippen LogP contribution in [0.25, 0.3) is 0 Å². The third kappa shape index (κ3) is 3.83. The maximum absolute atomic E-state index is 11.1. The van der Waals surface area contributed by atoms with E-state index >= 15 is 0 Å². The van der Waals surface area contributed by atoms with Crippen molar-refractivity contribution in [1.29, 1.82) is 0 Å². The van der Waals surface area contributed by atoms with Gasteiger partial charge in [-0.2, -0.15) is 0 Å². The van der Waals surface area contributed by atoms with Crippen molar-refractivity contribution < 1.29 is 9.59 Å². The molecule has 1 atom stereocenters. The lowest BCUT2D eigenvalue weighted by molar-refractivity contribution is -0.136. The average molecular weight is 192 g/mol. The fourth-order valence-electron chi connectivity index (χ4n) is 0.888. The number of Topliss-reactive ketones (excluding diaryl/α,β-unsaturated/α-hetero) is 2. The Bertz CT molecular complexity index is 180. The van der Waals surface area contributed by atoms with Crippen LogP contribution in [0.5, 0.6) is 0 Å². The smallest absolute Gasteiger partial charge is 0.216 e. The Hall–Kier alpha value is -0.410. The molecule has 0 aliphatic rings. The molecule has 0 bridgehead atoms. The molecule has 4 heteroatoms. The summed E-state index contributed by atoms with van der Waals surface area (Å²) in [6.45, 7) is 3.89. The number of carbonyl (C=O) groups is 2. The monoisotopic (exact) mass is 191 g/mol. The van der Waals surface area contributed by atoms with E-state index in [0.717, 1.165) is 0 Å². The third-order valence-corrected chi connectivity index (χ3v) is 1.70.